The highest BCUT2D eigenvalue weighted by Gasteiger charge is 2.42. The Morgan fingerprint density at radius 1 is 1.04 bits per heavy atom. The van der Waals surface area contributed by atoms with Crippen LogP contribution in [-0.2, 0) is 11.3 Å². The lowest BCUT2D eigenvalue weighted by molar-refractivity contribution is -0.231. The number of aliphatic hydroxyl groups is 1. The van der Waals surface area contributed by atoms with Crippen LogP contribution in [-0.4, -0.2) is 54.6 Å². The maximum absolute atomic E-state index is 9.34. The van der Waals surface area contributed by atoms with E-state index in [-0.39, 0.29) is 0 Å². The number of ether oxygens (including phenoxy) is 2. The lowest BCUT2D eigenvalue weighted by Gasteiger charge is -2.47. The zero-order chi connectivity index (χ0) is 18.3. The molecule has 0 amide bonds. The third-order valence-corrected chi connectivity index (χ3v) is 7.22. The number of benzene rings is 1. The van der Waals surface area contributed by atoms with Gasteiger partial charge in [0.25, 0.3) is 0 Å². The summed E-state index contributed by atoms with van der Waals surface area (Å²) in [4.78, 5) is 5.06. The van der Waals surface area contributed by atoms with Crippen molar-refractivity contribution in [2.24, 2.45) is 5.92 Å². The van der Waals surface area contributed by atoms with E-state index in [0.717, 1.165) is 63.7 Å². The number of aliphatic hydroxyl groups excluding tert-OH is 1. The molecule has 0 radical (unpaired) electrons. The molecule has 0 atom stereocenters. The van der Waals surface area contributed by atoms with Crippen molar-refractivity contribution in [1.82, 2.24) is 4.90 Å². The fraction of sp³-hybridized carbons (Fsp3) is 0.727. The predicted octanol–water partition coefficient (Wildman–Crippen LogP) is 3.15. The van der Waals surface area contributed by atoms with Gasteiger partial charge in [-0.1, -0.05) is 6.42 Å². The van der Waals surface area contributed by atoms with Gasteiger partial charge in [-0.25, -0.2) is 0 Å². The summed E-state index contributed by atoms with van der Waals surface area (Å²) in [5.74, 6) is 1.07. The van der Waals surface area contributed by atoms with Crippen LogP contribution in [0.25, 0.3) is 0 Å². The summed E-state index contributed by atoms with van der Waals surface area (Å²) in [5, 5.41) is 9.34. The highest BCUT2D eigenvalue weighted by molar-refractivity contribution is 5.54. The molecule has 2 saturated heterocycles. The first-order chi connectivity index (χ1) is 13.2. The van der Waals surface area contributed by atoms with Gasteiger partial charge < -0.3 is 19.5 Å². The zero-order valence-electron chi connectivity index (χ0n) is 16.2. The van der Waals surface area contributed by atoms with E-state index >= 15 is 0 Å². The molecular weight excluding hydrogens is 340 g/mol. The number of hydrogen-bond acceptors (Lipinski definition) is 5. The number of nitrogens with zero attached hydrogens (tertiary/aromatic N) is 2. The normalized spacial score (nSPS) is 26.5. The van der Waals surface area contributed by atoms with Crippen LogP contribution in [0, 0.1) is 5.92 Å². The van der Waals surface area contributed by atoms with E-state index in [1.165, 1.54) is 30.5 Å². The molecule has 1 aromatic rings. The molecule has 148 valence electrons. The van der Waals surface area contributed by atoms with Crippen LogP contribution < -0.4 is 9.64 Å². The summed E-state index contributed by atoms with van der Waals surface area (Å²) in [6.45, 7) is 5.20. The van der Waals surface area contributed by atoms with Crippen molar-refractivity contribution in [3.8, 4) is 5.75 Å². The Morgan fingerprint density at radius 2 is 1.81 bits per heavy atom. The maximum atomic E-state index is 9.34. The Morgan fingerprint density at radius 3 is 2.48 bits per heavy atom. The molecule has 1 aliphatic carbocycles. The minimum absolute atomic E-state index is 0.319. The molecule has 0 bridgehead atoms. The summed E-state index contributed by atoms with van der Waals surface area (Å²) >= 11 is 0. The third kappa shape index (κ3) is 3.45. The molecule has 1 saturated carbocycles. The van der Waals surface area contributed by atoms with E-state index in [1.54, 1.807) is 0 Å². The summed E-state index contributed by atoms with van der Waals surface area (Å²) < 4.78 is 12.7. The van der Waals surface area contributed by atoms with Crippen LogP contribution >= 0.6 is 0 Å². The van der Waals surface area contributed by atoms with Gasteiger partial charge in [-0.15, -0.1) is 0 Å². The van der Waals surface area contributed by atoms with E-state index in [9.17, 15) is 5.11 Å². The van der Waals surface area contributed by atoms with Crippen molar-refractivity contribution in [2.75, 3.05) is 37.7 Å². The van der Waals surface area contributed by atoms with Gasteiger partial charge >= 0.3 is 0 Å². The molecular formula is C22H32N2O3. The van der Waals surface area contributed by atoms with Gasteiger partial charge in [0.15, 0.2) is 0 Å². The van der Waals surface area contributed by atoms with E-state index < -0.39 is 5.79 Å². The van der Waals surface area contributed by atoms with Crippen molar-refractivity contribution in [1.29, 1.82) is 0 Å². The van der Waals surface area contributed by atoms with E-state index in [2.05, 4.69) is 28.0 Å². The molecule has 0 aromatic heterocycles. The second-order valence-corrected chi connectivity index (χ2v) is 8.83. The largest absolute Gasteiger partial charge is 0.462 e. The summed E-state index contributed by atoms with van der Waals surface area (Å²) in [5.41, 5.74) is 2.43. The monoisotopic (exact) mass is 372 g/mol. The summed E-state index contributed by atoms with van der Waals surface area (Å²) in [6, 6.07) is 7.40. The van der Waals surface area contributed by atoms with Crippen molar-refractivity contribution in [3.05, 3.63) is 23.8 Å². The molecule has 3 aliphatic heterocycles. The molecule has 1 aromatic carbocycles. The topological polar surface area (TPSA) is 45.2 Å². The number of anilines is 1. The third-order valence-electron chi connectivity index (χ3n) is 7.22. The first-order valence-corrected chi connectivity index (χ1v) is 10.8. The molecule has 27 heavy (non-hydrogen) atoms. The molecule has 3 heterocycles. The Labute approximate surface area is 162 Å². The molecule has 4 aliphatic rings. The van der Waals surface area contributed by atoms with E-state index in [1.807, 2.05) is 0 Å². The minimum atomic E-state index is -0.408. The second kappa shape index (κ2) is 7.26. The SMILES string of the molecule is OCC1CCN(c2ccc3c(c2)COC2(CCN(C4CCC4)CC2)O3)CC1. The maximum Gasteiger partial charge on any atom is 0.213 e. The molecule has 5 rings (SSSR count). The van der Waals surface area contributed by atoms with Gasteiger partial charge in [-0.05, 0) is 49.8 Å². The molecule has 0 unspecified atom stereocenters. The van der Waals surface area contributed by atoms with Crippen LogP contribution in [0.2, 0.25) is 0 Å². The van der Waals surface area contributed by atoms with Crippen molar-refractivity contribution in [2.45, 2.75) is 63.4 Å². The van der Waals surface area contributed by atoms with Crippen LogP contribution in [0.4, 0.5) is 5.69 Å². The Bertz CT molecular complexity index is 660. The van der Waals surface area contributed by atoms with Crippen molar-refractivity contribution >= 4 is 5.69 Å². The predicted molar refractivity (Wildman–Crippen MR) is 105 cm³/mol. The van der Waals surface area contributed by atoms with Gasteiger partial charge in [0.2, 0.25) is 5.79 Å². The molecule has 3 fully saturated rings. The number of hydrogen-bond donors (Lipinski definition) is 1. The average molecular weight is 373 g/mol. The minimum Gasteiger partial charge on any atom is -0.462 e. The fourth-order valence-corrected chi connectivity index (χ4v) is 5.02. The number of fused-ring (bicyclic) bond motifs is 1. The van der Waals surface area contributed by atoms with Crippen LogP contribution in [0.5, 0.6) is 5.75 Å². The standard InChI is InChI=1S/C22H32N2O3/c25-15-17-6-10-23(11-7-17)20-4-5-21-18(14-20)16-26-22(27-21)8-12-24(13-9-22)19-2-1-3-19/h4-5,14,17,19,25H,1-3,6-13,15-16H2. The summed E-state index contributed by atoms with van der Waals surface area (Å²) in [6.07, 6.45) is 8.22. The van der Waals surface area contributed by atoms with Crippen molar-refractivity contribution in [3.63, 3.8) is 0 Å². The van der Waals surface area contributed by atoms with E-state index in [0.29, 0.717) is 19.1 Å². The molecule has 1 spiro atoms. The quantitative estimate of drug-likeness (QED) is 0.883. The lowest BCUT2D eigenvalue weighted by atomic mass is 9.89. The Kier molecular flexibility index (Phi) is 4.78. The van der Waals surface area contributed by atoms with Crippen LogP contribution in [0.15, 0.2) is 18.2 Å². The second-order valence-electron chi connectivity index (χ2n) is 8.83. The lowest BCUT2D eigenvalue weighted by Crippen LogP contribution is -2.54. The average Bonchev–Trinajstić information content (AvgIpc) is 2.68. The Hall–Kier alpha value is -1.30. The van der Waals surface area contributed by atoms with Gasteiger partial charge in [-0.2, -0.15) is 0 Å². The van der Waals surface area contributed by atoms with Crippen molar-refractivity contribution < 1.29 is 14.6 Å². The van der Waals surface area contributed by atoms with Crippen LogP contribution in [0.1, 0.15) is 50.5 Å². The van der Waals surface area contributed by atoms with Crippen LogP contribution in [0.3, 0.4) is 0 Å². The van der Waals surface area contributed by atoms with Gasteiger partial charge in [-0.3, -0.25) is 4.90 Å². The van der Waals surface area contributed by atoms with E-state index in [4.69, 9.17) is 9.47 Å². The van der Waals surface area contributed by atoms with Gasteiger partial charge in [0.1, 0.15) is 5.75 Å². The Balaban J connectivity index is 1.23. The first kappa shape index (κ1) is 17.8. The first-order valence-electron chi connectivity index (χ1n) is 10.8. The highest BCUT2D eigenvalue weighted by atomic mass is 16.7. The van der Waals surface area contributed by atoms with Gasteiger partial charge in [0.05, 0.1) is 6.61 Å². The number of likely N-dealkylation sites (tertiary alicyclic amines) is 1. The number of piperidine rings is 2. The smallest absolute Gasteiger partial charge is 0.213 e. The molecule has 5 nitrogen and oxygen atoms in total. The molecule has 5 heteroatoms. The van der Waals surface area contributed by atoms with Gasteiger partial charge in [0, 0.05) is 62.9 Å². The summed E-state index contributed by atoms with van der Waals surface area (Å²) in [7, 11) is 0. The zero-order valence-corrected chi connectivity index (χ0v) is 16.2. The molecule has 1 N–H and O–H groups in total. The highest BCUT2D eigenvalue weighted by Crippen LogP contribution is 2.40. The number of rotatable bonds is 3. The fourth-order valence-electron chi connectivity index (χ4n) is 5.02.